The first-order valence-corrected chi connectivity index (χ1v) is 5.19. The zero-order valence-corrected chi connectivity index (χ0v) is 9.92. The lowest BCUT2D eigenvalue weighted by Gasteiger charge is -2.20. The van der Waals surface area contributed by atoms with Crippen molar-refractivity contribution in [1.29, 1.82) is 0 Å². The fourth-order valence-electron chi connectivity index (χ4n) is 1.51. The number of anilines is 1. The van der Waals surface area contributed by atoms with Gasteiger partial charge in [0.15, 0.2) is 5.82 Å². The lowest BCUT2D eigenvalue weighted by molar-refractivity contribution is 0.762. The van der Waals surface area contributed by atoms with Crippen LogP contribution in [-0.2, 0) is 7.05 Å². The Morgan fingerprint density at radius 3 is 2.67 bits per heavy atom. The van der Waals surface area contributed by atoms with Gasteiger partial charge in [0.25, 0.3) is 0 Å². The SMILES string of the molecule is Cc1cn(C)nc1N1C=C(Cl)N=C(Cl)C1. The number of aromatic nitrogens is 2. The van der Waals surface area contributed by atoms with Crippen molar-refractivity contribution in [3.8, 4) is 0 Å². The molecule has 0 saturated heterocycles. The Bertz CT molecular complexity index is 447. The van der Waals surface area contributed by atoms with Crippen LogP contribution in [0, 0.1) is 6.92 Å². The molecule has 2 rings (SSSR count). The average molecular weight is 245 g/mol. The normalized spacial score (nSPS) is 16.4. The van der Waals surface area contributed by atoms with Crippen molar-refractivity contribution >= 4 is 34.2 Å². The van der Waals surface area contributed by atoms with E-state index in [0.717, 1.165) is 11.4 Å². The van der Waals surface area contributed by atoms with Crippen molar-refractivity contribution in [2.45, 2.75) is 6.92 Å². The summed E-state index contributed by atoms with van der Waals surface area (Å²) in [6, 6.07) is 0. The van der Waals surface area contributed by atoms with Gasteiger partial charge >= 0.3 is 0 Å². The predicted octanol–water partition coefficient (Wildman–Crippen LogP) is 2.22. The second-order valence-electron chi connectivity index (χ2n) is 3.38. The summed E-state index contributed by atoms with van der Waals surface area (Å²) >= 11 is 11.7. The molecule has 0 aromatic carbocycles. The molecule has 1 aromatic heterocycles. The summed E-state index contributed by atoms with van der Waals surface area (Å²) in [5, 5.41) is 5.17. The van der Waals surface area contributed by atoms with Gasteiger partial charge in [-0.15, -0.1) is 0 Å². The maximum absolute atomic E-state index is 5.86. The summed E-state index contributed by atoms with van der Waals surface area (Å²) in [6.07, 6.45) is 3.67. The summed E-state index contributed by atoms with van der Waals surface area (Å²) in [4.78, 5) is 5.81. The molecular weight excluding hydrogens is 235 g/mol. The molecule has 0 aliphatic carbocycles. The van der Waals surface area contributed by atoms with Crippen molar-refractivity contribution < 1.29 is 0 Å². The topological polar surface area (TPSA) is 33.4 Å². The highest BCUT2D eigenvalue weighted by Gasteiger charge is 2.16. The van der Waals surface area contributed by atoms with Crippen molar-refractivity contribution in [2.75, 3.05) is 11.4 Å². The number of hydrogen-bond acceptors (Lipinski definition) is 3. The molecule has 4 nitrogen and oxygen atoms in total. The molecule has 0 fully saturated rings. The molecule has 1 aliphatic heterocycles. The molecule has 0 N–H and O–H groups in total. The molecule has 80 valence electrons. The van der Waals surface area contributed by atoms with E-state index >= 15 is 0 Å². The highest BCUT2D eigenvalue weighted by molar-refractivity contribution is 6.66. The number of nitrogens with zero attached hydrogens (tertiary/aromatic N) is 4. The molecule has 0 amide bonds. The zero-order chi connectivity index (χ0) is 11.0. The van der Waals surface area contributed by atoms with E-state index in [4.69, 9.17) is 23.2 Å². The Morgan fingerprint density at radius 1 is 1.40 bits per heavy atom. The molecule has 0 spiro atoms. The Morgan fingerprint density at radius 2 is 2.13 bits per heavy atom. The van der Waals surface area contributed by atoms with Gasteiger partial charge in [-0.3, -0.25) is 4.68 Å². The largest absolute Gasteiger partial charge is 0.321 e. The molecule has 0 saturated carbocycles. The molecule has 0 bridgehead atoms. The van der Waals surface area contributed by atoms with Crippen molar-refractivity contribution in [3.05, 3.63) is 23.1 Å². The molecular formula is C9H10Cl2N4. The summed E-state index contributed by atoms with van der Waals surface area (Å²) < 4.78 is 1.76. The first-order chi connectivity index (χ1) is 7.06. The van der Waals surface area contributed by atoms with Gasteiger partial charge in [-0.05, 0) is 6.92 Å². The Kier molecular flexibility index (Phi) is 2.71. The second kappa shape index (κ2) is 3.87. The van der Waals surface area contributed by atoms with E-state index in [1.807, 2.05) is 25.1 Å². The van der Waals surface area contributed by atoms with Gasteiger partial charge in [0.2, 0.25) is 0 Å². The van der Waals surface area contributed by atoms with Crippen LogP contribution < -0.4 is 4.90 Å². The zero-order valence-electron chi connectivity index (χ0n) is 8.41. The molecule has 1 aliphatic rings. The molecule has 0 atom stereocenters. The van der Waals surface area contributed by atoms with E-state index < -0.39 is 0 Å². The van der Waals surface area contributed by atoms with Gasteiger partial charge in [0, 0.05) is 25.0 Å². The molecule has 15 heavy (non-hydrogen) atoms. The molecule has 0 unspecified atom stereocenters. The van der Waals surface area contributed by atoms with Crippen LogP contribution in [0.3, 0.4) is 0 Å². The fourth-order valence-corrected chi connectivity index (χ4v) is 1.99. The number of aryl methyl sites for hydroxylation is 2. The smallest absolute Gasteiger partial charge is 0.157 e. The number of rotatable bonds is 1. The lowest BCUT2D eigenvalue weighted by Crippen LogP contribution is -2.26. The van der Waals surface area contributed by atoms with Crippen molar-refractivity contribution in [3.63, 3.8) is 0 Å². The Hall–Kier alpha value is -1.00. The molecule has 0 radical (unpaired) electrons. The maximum Gasteiger partial charge on any atom is 0.157 e. The van der Waals surface area contributed by atoms with E-state index in [9.17, 15) is 0 Å². The third-order valence-electron chi connectivity index (χ3n) is 2.05. The highest BCUT2D eigenvalue weighted by Crippen LogP contribution is 2.22. The van der Waals surface area contributed by atoms with Gasteiger partial charge in [-0.25, -0.2) is 4.99 Å². The first-order valence-electron chi connectivity index (χ1n) is 4.43. The van der Waals surface area contributed by atoms with Crippen molar-refractivity contribution in [1.82, 2.24) is 9.78 Å². The third-order valence-corrected chi connectivity index (χ3v) is 2.44. The lowest BCUT2D eigenvalue weighted by atomic mass is 10.3. The summed E-state index contributed by atoms with van der Waals surface area (Å²) in [6.45, 7) is 2.50. The van der Waals surface area contributed by atoms with Gasteiger partial charge < -0.3 is 4.90 Å². The fraction of sp³-hybridized carbons (Fsp3) is 0.333. The van der Waals surface area contributed by atoms with E-state index in [2.05, 4.69) is 10.1 Å². The minimum Gasteiger partial charge on any atom is -0.321 e. The predicted molar refractivity (Wildman–Crippen MR) is 62.5 cm³/mol. The summed E-state index contributed by atoms with van der Waals surface area (Å²) in [5.74, 6) is 0.851. The number of aliphatic imine (C=N–C) groups is 1. The Balaban J connectivity index is 2.34. The molecule has 2 heterocycles. The minimum atomic E-state index is 0.372. The second-order valence-corrected chi connectivity index (χ2v) is 4.20. The van der Waals surface area contributed by atoms with Crippen LogP contribution in [0.2, 0.25) is 0 Å². The van der Waals surface area contributed by atoms with Crippen LogP contribution in [0.5, 0.6) is 0 Å². The van der Waals surface area contributed by atoms with Crippen LogP contribution in [0.25, 0.3) is 0 Å². The van der Waals surface area contributed by atoms with Gasteiger partial charge in [-0.1, -0.05) is 23.2 Å². The van der Waals surface area contributed by atoms with Gasteiger partial charge in [-0.2, -0.15) is 5.10 Å². The van der Waals surface area contributed by atoms with Crippen LogP contribution >= 0.6 is 23.2 Å². The third kappa shape index (κ3) is 2.16. The highest BCUT2D eigenvalue weighted by atomic mass is 35.5. The standard InChI is InChI=1S/C9H10Cl2N4/c1-6-3-14(2)13-9(6)15-4-7(10)12-8(11)5-15/h3-4H,5H2,1-2H3. The maximum atomic E-state index is 5.86. The number of halogens is 2. The van der Waals surface area contributed by atoms with E-state index in [0.29, 0.717) is 16.9 Å². The van der Waals surface area contributed by atoms with Gasteiger partial charge in [0.1, 0.15) is 10.3 Å². The summed E-state index contributed by atoms with van der Waals surface area (Å²) in [7, 11) is 1.88. The quantitative estimate of drug-likeness (QED) is 0.711. The van der Waals surface area contributed by atoms with E-state index in [-0.39, 0.29) is 0 Å². The van der Waals surface area contributed by atoms with Crippen LogP contribution in [0.1, 0.15) is 5.56 Å². The molecule has 6 heteroatoms. The van der Waals surface area contributed by atoms with Crippen LogP contribution in [-0.4, -0.2) is 21.5 Å². The van der Waals surface area contributed by atoms with Crippen LogP contribution in [0.4, 0.5) is 5.82 Å². The van der Waals surface area contributed by atoms with E-state index in [1.54, 1.807) is 10.9 Å². The molecule has 1 aromatic rings. The summed E-state index contributed by atoms with van der Waals surface area (Å²) in [5.41, 5.74) is 1.07. The van der Waals surface area contributed by atoms with Crippen molar-refractivity contribution in [2.24, 2.45) is 12.0 Å². The van der Waals surface area contributed by atoms with Crippen LogP contribution in [0.15, 0.2) is 22.5 Å². The first kappa shape index (κ1) is 10.5. The van der Waals surface area contributed by atoms with E-state index in [1.165, 1.54) is 0 Å². The number of hydrogen-bond donors (Lipinski definition) is 0. The average Bonchev–Trinajstić information content (AvgIpc) is 2.43. The van der Waals surface area contributed by atoms with Gasteiger partial charge in [0.05, 0.1) is 6.54 Å². The Labute approximate surface area is 97.8 Å². The monoisotopic (exact) mass is 244 g/mol. The minimum absolute atomic E-state index is 0.372.